The van der Waals surface area contributed by atoms with E-state index in [0.717, 1.165) is 24.1 Å². The highest BCUT2D eigenvalue weighted by Crippen LogP contribution is 2.46. The molecular formula is C22H20BrClN4O2. The van der Waals surface area contributed by atoms with E-state index in [4.69, 9.17) is 11.6 Å². The van der Waals surface area contributed by atoms with Crippen LogP contribution < -0.4 is 10.5 Å². The second-order valence-corrected chi connectivity index (χ2v) is 9.14. The largest absolute Gasteiger partial charge is 0.317 e. The molecule has 0 bridgehead atoms. The smallest absolute Gasteiger partial charge is 0.279 e. The standard InChI is InChI=1S/C22H20BrClN4O2/c1-12-10-16(11-26(2)20(12)29)27-18(13-6-8-14(24)9-7-13)19-17(21(27)30)25-22(23)28(19)15-4-3-5-15/h6-11,15,18H,3-5H2,1-2H3. The first kappa shape index (κ1) is 19.6. The molecule has 1 aliphatic heterocycles. The minimum atomic E-state index is -0.346. The van der Waals surface area contributed by atoms with Gasteiger partial charge >= 0.3 is 0 Å². The van der Waals surface area contributed by atoms with Crippen LogP contribution in [0.3, 0.4) is 0 Å². The first-order valence-corrected chi connectivity index (χ1v) is 11.1. The molecule has 2 aromatic heterocycles. The molecule has 1 fully saturated rings. The third-order valence-corrected chi connectivity index (χ3v) is 6.91. The van der Waals surface area contributed by atoms with E-state index in [1.165, 1.54) is 11.0 Å². The van der Waals surface area contributed by atoms with Gasteiger partial charge in [0.15, 0.2) is 10.4 Å². The highest BCUT2D eigenvalue weighted by molar-refractivity contribution is 9.10. The molecule has 0 radical (unpaired) electrons. The van der Waals surface area contributed by atoms with Gasteiger partial charge in [0.1, 0.15) is 6.04 Å². The van der Waals surface area contributed by atoms with Crippen molar-refractivity contribution in [3.63, 3.8) is 0 Å². The molecule has 1 unspecified atom stereocenters. The van der Waals surface area contributed by atoms with Crippen LogP contribution in [-0.4, -0.2) is 20.0 Å². The summed E-state index contributed by atoms with van der Waals surface area (Å²) in [4.78, 5) is 32.1. The molecule has 1 aromatic carbocycles. The van der Waals surface area contributed by atoms with E-state index >= 15 is 0 Å². The zero-order valence-corrected chi connectivity index (χ0v) is 18.9. The van der Waals surface area contributed by atoms with E-state index < -0.39 is 0 Å². The van der Waals surface area contributed by atoms with Gasteiger partial charge in [0.05, 0.1) is 11.4 Å². The van der Waals surface area contributed by atoms with E-state index in [9.17, 15) is 9.59 Å². The number of anilines is 1. The predicted octanol–water partition coefficient (Wildman–Crippen LogP) is 4.78. The third-order valence-electron chi connectivity index (χ3n) is 6.10. The Kier molecular flexibility index (Phi) is 4.63. The number of imidazole rings is 1. The summed E-state index contributed by atoms with van der Waals surface area (Å²) in [5.41, 5.74) is 3.49. The number of carbonyl (C=O) groups is 1. The number of rotatable bonds is 3. The Bertz CT molecular complexity index is 1200. The highest BCUT2D eigenvalue weighted by Gasteiger charge is 2.45. The Morgan fingerprint density at radius 2 is 1.87 bits per heavy atom. The van der Waals surface area contributed by atoms with E-state index in [1.54, 1.807) is 31.1 Å². The van der Waals surface area contributed by atoms with Gasteiger partial charge in [-0.25, -0.2) is 4.98 Å². The van der Waals surface area contributed by atoms with Gasteiger partial charge in [-0.15, -0.1) is 0 Å². The minimum Gasteiger partial charge on any atom is -0.317 e. The number of pyridine rings is 1. The normalized spacial score (nSPS) is 18.6. The molecule has 0 N–H and O–H groups in total. The van der Waals surface area contributed by atoms with Crippen LogP contribution in [0, 0.1) is 6.92 Å². The van der Waals surface area contributed by atoms with Crippen LogP contribution in [0.15, 0.2) is 46.1 Å². The molecule has 154 valence electrons. The fourth-order valence-electron chi connectivity index (χ4n) is 4.39. The van der Waals surface area contributed by atoms with Crippen molar-refractivity contribution in [3.8, 4) is 0 Å². The molecule has 1 saturated carbocycles. The van der Waals surface area contributed by atoms with Crippen LogP contribution in [0.4, 0.5) is 5.69 Å². The SMILES string of the molecule is Cc1cc(N2C(=O)c3nc(Br)n(C4CCC4)c3C2c2ccc(Cl)cc2)cn(C)c1=O. The number of fused-ring (bicyclic) bond motifs is 1. The summed E-state index contributed by atoms with van der Waals surface area (Å²) >= 11 is 9.71. The summed E-state index contributed by atoms with van der Waals surface area (Å²) in [7, 11) is 1.70. The number of aromatic nitrogens is 3. The lowest BCUT2D eigenvalue weighted by Gasteiger charge is -2.33. The average molecular weight is 488 g/mol. The number of hydrogen-bond acceptors (Lipinski definition) is 3. The summed E-state index contributed by atoms with van der Waals surface area (Å²) in [5.74, 6) is -0.165. The van der Waals surface area contributed by atoms with Gasteiger partial charge in [0, 0.05) is 29.9 Å². The van der Waals surface area contributed by atoms with E-state index in [2.05, 4.69) is 25.5 Å². The first-order chi connectivity index (χ1) is 14.4. The molecule has 0 spiro atoms. The predicted molar refractivity (Wildman–Crippen MR) is 119 cm³/mol. The molecule has 3 heterocycles. The number of benzene rings is 1. The maximum atomic E-state index is 13.6. The summed E-state index contributed by atoms with van der Waals surface area (Å²) < 4.78 is 4.38. The number of carbonyl (C=O) groups excluding carboxylic acids is 1. The van der Waals surface area contributed by atoms with Crippen LogP contribution in [-0.2, 0) is 7.05 Å². The number of hydrogen-bond donors (Lipinski definition) is 0. The van der Waals surface area contributed by atoms with Gasteiger partial charge < -0.3 is 9.13 Å². The van der Waals surface area contributed by atoms with E-state index in [0.29, 0.717) is 32.7 Å². The lowest BCUT2D eigenvalue weighted by molar-refractivity contribution is 0.0989. The highest BCUT2D eigenvalue weighted by atomic mass is 79.9. The topological polar surface area (TPSA) is 60.1 Å². The van der Waals surface area contributed by atoms with Gasteiger partial charge in [-0.2, -0.15) is 0 Å². The molecule has 1 aliphatic carbocycles. The van der Waals surface area contributed by atoms with Crippen molar-refractivity contribution in [2.24, 2.45) is 7.05 Å². The summed E-state index contributed by atoms with van der Waals surface area (Å²) in [5, 5.41) is 0.640. The Morgan fingerprint density at radius 1 is 1.17 bits per heavy atom. The molecule has 1 amide bonds. The van der Waals surface area contributed by atoms with Gasteiger partial charge in [-0.1, -0.05) is 23.7 Å². The fraction of sp³-hybridized carbons (Fsp3) is 0.318. The fourth-order valence-corrected chi connectivity index (χ4v) is 5.17. The molecule has 8 heteroatoms. The molecule has 1 atom stereocenters. The molecule has 2 aliphatic rings. The zero-order chi connectivity index (χ0) is 21.2. The Hall–Kier alpha value is -2.38. The monoisotopic (exact) mass is 486 g/mol. The Balaban J connectivity index is 1.74. The molecule has 0 saturated heterocycles. The average Bonchev–Trinajstić information content (AvgIpc) is 3.13. The van der Waals surface area contributed by atoms with Crippen LogP contribution in [0.25, 0.3) is 0 Å². The third kappa shape index (κ3) is 2.87. The van der Waals surface area contributed by atoms with Crippen LogP contribution >= 0.6 is 27.5 Å². The Labute approximate surface area is 187 Å². The van der Waals surface area contributed by atoms with E-state index in [-0.39, 0.29) is 17.5 Å². The molecule has 5 rings (SSSR count). The maximum Gasteiger partial charge on any atom is 0.279 e. The van der Waals surface area contributed by atoms with E-state index in [1.807, 2.05) is 24.3 Å². The molecule has 3 aromatic rings. The number of halogens is 2. The summed E-state index contributed by atoms with van der Waals surface area (Å²) in [6, 6.07) is 9.33. The van der Waals surface area contributed by atoms with Gasteiger partial charge in [-0.05, 0) is 65.9 Å². The van der Waals surface area contributed by atoms with Crippen molar-refractivity contribution in [1.82, 2.24) is 14.1 Å². The van der Waals surface area contributed by atoms with Crippen molar-refractivity contribution < 1.29 is 4.79 Å². The zero-order valence-electron chi connectivity index (χ0n) is 16.6. The quantitative estimate of drug-likeness (QED) is 0.534. The van der Waals surface area contributed by atoms with Crippen LogP contribution in [0.2, 0.25) is 5.02 Å². The second kappa shape index (κ2) is 7.10. The molecule has 30 heavy (non-hydrogen) atoms. The van der Waals surface area contributed by atoms with Crippen molar-refractivity contribution in [2.75, 3.05) is 4.90 Å². The first-order valence-electron chi connectivity index (χ1n) is 9.90. The van der Waals surface area contributed by atoms with Gasteiger partial charge in [0.2, 0.25) is 0 Å². The maximum absolute atomic E-state index is 13.6. The van der Waals surface area contributed by atoms with Gasteiger partial charge in [-0.3, -0.25) is 14.5 Å². The number of nitrogens with zero attached hydrogens (tertiary/aromatic N) is 4. The van der Waals surface area contributed by atoms with Crippen molar-refractivity contribution in [2.45, 2.75) is 38.3 Å². The minimum absolute atomic E-state index is 0.0780. The van der Waals surface area contributed by atoms with Crippen molar-refractivity contribution in [1.29, 1.82) is 0 Å². The van der Waals surface area contributed by atoms with Crippen LogP contribution in [0.1, 0.15) is 58.7 Å². The lowest BCUT2D eigenvalue weighted by Crippen LogP contribution is -2.32. The second-order valence-electron chi connectivity index (χ2n) is 8.00. The summed E-state index contributed by atoms with van der Waals surface area (Å²) in [6.45, 7) is 1.76. The molecule has 6 nitrogen and oxygen atoms in total. The summed E-state index contributed by atoms with van der Waals surface area (Å²) in [6.07, 6.45) is 5.03. The molecular weight excluding hydrogens is 468 g/mol. The van der Waals surface area contributed by atoms with Gasteiger partial charge in [0.25, 0.3) is 11.5 Å². The Morgan fingerprint density at radius 3 is 2.47 bits per heavy atom. The lowest BCUT2D eigenvalue weighted by atomic mass is 9.92. The van der Waals surface area contributed by atoms with Crippen molar-refractivity contribution >= 4 is 39.1 Å². The number of aryl methyl sites for hydroxylation is 2. The van der Waals surface area contributed by atoms with Crippen molar-refractivity contribution in [3.05, 3.63) is 79.2 Å². The number of amides is 1. The van der Waals surface area contributed by atoms with Crippen LogP contribution in [0.5, 0.6) is 0 Å².